The quantitative estimate of drug-likeness (QED) is 0.227. The second kappa shape index (κ2) is 12.2. The van der Waals surface area contributed by atoms with E-state index in [9.17, 15) is 14.7 Å². The van der Waals surface area contributed by atoms with E-state index in [0.717, 1.165) is 23.4 Å². The van der Waals surface area contributed by atoms with Crippen molar-refractivity contribution in [2.45, 2.75) is 26.0 Å². The molecular formula is C32H37N3O4. The van der Waals surface area contributed by atoms with E-state index in [1.807, 2.05) is 87.4 Å². The molecule has 0 aliphatic carbocycles. The number of ketones is 1. The van der Waals surface area contributed by atoms with Crippen LogP contribution >= 0.6 is 0 Å². The van der Waals surface area contributed by atoms with Crippen LogP contribution in [0, 0.1) is 6.92 Å². The lowest BCUT2D eigenvalue weighted by molar-refractivity contribution is -0.139. The summed E-state index contributed by atoms with van der Waals surface area (Å²) in [7, 11) is 7.85. The first kappa shape index (κ1) is 27.9. The minimum absolute atomic E-state index is 0.107. The number of benzene rings is 3. The van der Waals surface area contributed by atoms with E-state index in [4.69, 9.17) is 4.74 Å². The third-order valence-electron chi connectivity index (χ3n) is 6.89. The molecule has 204 valence electrons. The number of aliphatic hydroxyl groups excluding tert-OH is 1. The highest BCUT2D eigenvalue weighted by atomic mass is 16.5. The summed E-state index contributed by atoms with van der Waals surface area (Å²) in [6.07, 6.45) is 0.708. The van der Waals surface area contributed by atoms with Crippen LogP contribution in [-0.2, 0) is 16.2 Å². The van der Waals surface area contributed by atoms with Crippen LogP contribution < -0.4 is 9.64 Å². The summed E-state index contributed by atoms with van der Waals surface area (Å²) >= 11 is 0. The van der Waals surface area contributed by atoms with Crippen molar-refractivity contribution in [3.05, 3.63) is 101 Å². The Hall–Kier alpha value is -4.10. The van der Waals surface area contributed by atoms with E-state index >= 15 is 0 Å². The number of aryl methyl sites for hydroxylation is 1. The molecule has 1 aliphatic heterocycles. The normalized spacial score (nSPS) is 16.7. The molecule has 39 heavy (non-hydrogen) atoms. The number of hydrogen-bond donors (Lipinski definition) is 1. The van der Waals surface area contributed by atoms with Gasteiger partial charge in [0.1, 0.15) is 18.1 Å². The monoisotopic (exact) mass is 527 g/mol. The Kier molecular flexibility index (Phi) is 8.72. The fourth-order valence-corrected chi connectivity index (χ4v) is 4.80. The minimum atomic E-state index is -0.668. The zero-order chi connectivity index (χ0) is 28.1. The van der Waals surface area contributed by atoms with Crippen molar-refractivity contribution in [2.75, 3.05) is 46.2 Å². The summed E-state index contributed by atoms with van der Waals surface area (Å²) in [6.45, 7) is 3.65. The van der Waals surface area contributed by atoms with Crippen LogP contribution in [0.3, 0.4) is 0 Å². The Bertz CT molecular complexity index is 1340. The lowest BCUT2D eigenvalue weighted by Crippen LogP contribution is -2.32. The molecule has 0 bridgehead atoms. The SMILES string of the molecule is Cc1cccc(COc2ccc(/C(O)=C3/C(=O)C(=O)N(CCCN(C)C)C3c3ccc(N(C)C)cc3)cc2)c1. The third-order valence-corrected chi connectivity index (χ3v) is 6.89. The first-order chi connectivity index (χ1) is 18.7. The summed E-state index contributed by atoms with van der Waals surface area (Å²) in [4.78, 5) is 32.1. The largest absolute Gasteiger partial charge is 0.507 e. The van der Waals surface area contributed by atoms with Crippen LogP contribution in [0.2, 0.25) is 0 Å². The number of Topliss-reactive ketones (excluding diaryl/α,β-unsaturated/α-hetero) is 1. The molecule has 1 aliphatic rings. The van der Waals surface area contributed by atoms with Gasteiger partial charge in [-0.3, -0.25) is 9.59 Å². The number of nitrogens with zero attached hydrogens (tertiary/aromatic N) is 3. The maximum absolute atomic E-state index is 13.3. The lowest BCUT2D eigenvalue weighted by Gasteiger charge is -2.26. The third kappa shape index (κ3) is 6.49. The van der Waals surface area contributed by atoms with Crippen molar-refractivity contribution in [3.63, 3.8) is 0 Å². The number of anilines is 1. The molecule has 1 fully saturated rings. The fourth-order valence-electron chi connectivity index (χ4n) is 4.80. The lowest BCUT2D eigenvalue weighted by atomic mass is 9.95. The van der Waals surface area contributed by atoms with Crippen LogP contribution in [-0.4, -0.2) is 67.9 Å². The summed E-state index contributed by atoms with van der Waals surface area (Å²) in [6, 6.07) is 22.1. The van der Waals surface area contributed by atoms with Gasteiger partial charge >= 0.3 is 0 Å². The first-order valence-corrected chi connectivity index (χ1v) is 13.1. The average Bonchev–Trinajstić information content (AvgIpc) is 3.17. The van der Waals surface area contributed by atoms with Crippen molar-refractivity contribution in [2.24, 2.45) is 0 Å². The second-order valence-corrected chi connectivity index (χ2v) is 10.4. The van der Waals surface area contributed by atoms with Gasteiger partial charge in [0.05, 0.1) is 11.6 Å². The summed E-state index contributed by atoms with van der Waals surface area (Å²) in [5.74, 6) is -0.794. The van der Waals surface area contributed by atoms with Gasteiger partial charge in [0.25, 0.3) is 11.7 Å². The molecular weight excluding hydrogens is 490 g/mol. The average molecular weight is 528 g/mol. The Morgan fingerprint density at radius 2 is 1.64 bits per heavy atom. The molecule has 4 rings (SSSR count). The summed E-state index contributed by atoms with van der Waals surface area (Å²) in [5, 5.41) is 11.4. The second-order valence-electron chi connectivity index (χ2n) is 10.4. The van der Waals surface area contributed by atoms with Crippen LogP contribution in [0.1, 0.15) is 34.7 Å². The molecule has 0 radical (unpaired) electrons. The summed E-state index contributed by atoms with van der Waals surface area (Å²) in [5.41, 5.74) is 4.58. The molecule has 1 atom stereocenters. The predicted molar refractivity (Wildman–Crippen MR) is 155 cm³/mol. The van der Waals surface area contributed by atoms with Crippen molar-refractivity contribution >= 4 is 23.1 Å². The molecule has 1 heterocycles. The van der Waals surface area contributed by atoms with Crippen molar-refractivity contribution in [1.82, 2.24) is 9.80 Å². The number of hydrogen-bond acceptors (Lipinski definition) is 6. The number of amides is 1. The number of ether oxygens (including phenoxy) is 1. The molecule has 1 N–H and O–H groups in total. The molecule has 0 aromatic heterocycles. The number of rotatable bonds is 10. The minimum Gasteiger partial charge on any atom is -0.507 e. The van der Waals surface area contributed by atoms with E-state index < -0.39 is 17.7 Å². The highest BCUT2D eigenvalue weighted by Crippen LogP contribution is 2.40. The van der Waals surface area contributed by atoms with Crippen LogP contribution in [0.4, 0.5) is 5.69 Å². The van der Waals surface area contributed by atoms with Gasteiger partial charge < -0.3 is 24.5 Å². The first-order valence-electron chi connectivity index (χ1n) is 13.1. The van der Waals surface area contributed by atoms with E-state index in [-0.39, 0.29) is 11.3 Å². The smallest absolute Gasteiger partial charge is 0.295 e. The topological polar surface area (TPSA) is 73.3 Å². The van der Waals surface area contributed by atoms with Gasteiger partial charge in [-0.25, -0.2) is 0 Å². The molecule has 0 saturated carbocycles. The maximum Gasteiger partial charge on any atom is 0.295 e. The summed E-state index contributed by atoms with van der Waals surface area (Å²) < 4.78 is 5.91. The zero-order valence-corrected chi connectivity index (χ0v) is 23.3. The maximum atomic E-state index is 13.3. The molecule has 3 aromatic rings. The number of aliphatic hydroxyl groups is 1. The number of likely N-dealkylation sites (tertiary alicyclic amines) is 1. The van der Waals surface area contributed by atoms with Gasteiger partial charge in [0.2, 0.25) is 0 Å². The highest BCUT2D eigenvalue weighted by Gasteiger charge is 2.45. The number of carbonyl (C=O) groups is 2. The van der Waals surface area contributed by atoms with Gasteiger partial charge in [-0.2, -0.15) is 0 Å². The molecule has 1 unspecified atom stereocenters. The van der Waals surface area contributed by atoms with Crippen molar-refractivity contribution < 1.29 is 19.4 Å². The van der Waals surface area contributed by atoms with Crippen LogP contribution in [0.15, 0.2) is 78.4 Å². The standard InChI is InChI=1S/C32H37N3O4/c1-22-8-6-9-23(20-22)21-39-27-16-12-25(13-17-27)30(36)28-29(24-10-14-26(15-11-24)34(4)5)35(32(38)31(28)37)19-7-18-33(2)3/h6,8-17,20,29,36H,7,18-19,21H2,1-5H3/b30-28-. The van der Waals surface area contributed by atoms with E-state index in [1.54, 1.807) is 29.2 Å². The molecule has 1 amide bonds. The molecule has 7 heteroatoms. The Labute approximate surface area is 230 Å². The molecule has 1 saturated heterocycles. The van der Waals surface area contributed by atoms with Crippen LogP contribution in [0.5, 0.6) is 5.75 Å². The van der Waals surface area contributed by atoms with Crippen molar-refractivity contribution in [1.29, 1.82) is 0 Å². The molecule has 7 nitrogen and oxygen atoms in total. The van der Waals surface area contributed by atoms with Gasteiger partial charge in [-0.15, -0.1) is 0 Å². The fraction of sp³-hybridized carbons (Fsp3) is 0.312. The Morgan fingerprint density at radius 3 is 2.26 bits per heavy atom. The van der Waals surface area contributed by atoms with E-state index in [0.29, 0.717) is 30.9 Å². The number of carbonyl (C=O) groups excluding carboxylic acids is 2. The van der Waals surface area contributed by atoms with Crippen LogP contribution in [0.25, 0.3) is 5.76 Å². The predicted octanol–water partition coefficient (Wildman–Crippen LogP) is 5.01. The molecule has 0 spiro atoms. The van der Waals surface area contributed by atoms with E-state index in [2.05, 4.69) is 6.07 Å². The van der Waals surface area contributed by atoms with Gasteiger partial charge in [0.15, 0.2) is 0 Å². The van der Waals surface area contributed by atoms with E-state index in [1.165, 1.54) is 5.56 Å². The van der Waals surface area contributed by atoms with Crippen molar-refractivity contribution in [3.8, 4) is 5.75 Å². The van der Waals surface area contributed by atoms with Gasteiger partial charge in [-0.05, 0) is 81.5 Å². The zero-order valence-electron chi connectivity index (χ0n) is 23.3. The van der Waals surface area contributed by atoms with Gasteiger partial charge in [-0.1, -0.05) is 42.0 Å². The Morgan fingerprint density at radius 1 is 0.949 bits per heavy atom. The van der Waals surface area contributed by atoms with Gasteiger partial charge in [0, 0.05) is 31.9 Å². The Balaban J connectivity index is 1.64. The molecule has 3 aromatic carbocycles. The highest BCUT2D eigenvalue weighted by molar-refractivity contribution is 6.46.